The number of carbonyl (C=O) groups is 1. The molecule has 0 radical (unpaired) electrons. The second-order valence-electron chi connectivity index (χ2n) is 8.03. The second kappa shape index (κ2) is 9.60. The van der Waals surface area contributed by atoms with E-state index in [1.807, 2.05) is 37.3 Å². The van der Waals surface area contributed by atoms with Crippen LogP contribution in [0.3, 0.4) is 0 Å². The fraction of sp³-hybridized carbons (Fsp3) is 0.0357. The van der Waals surface area contributed by atoms with Crippen LogP contribution in [0.15, 0.2) is 90.0 Å². The van der Waals surface area contributed by atoms with Crippen molar-refractivity contribution < 1.29 is 9.18 Å². The first kappa shape index (κ1) is 22.6. The van der Waals surface area contributed by atoms with Gasteiger partial charge in [-0.3, -0.25) is 4.79 Å². The van der Waals surface area contributed by atoms with Crippen LogP contribution in [0.5, 0.6) is 0 Å². The Bertz CT molecular complexity index is 1630. The van der Waals surface area contributed by atoms with E-state index in [0.29, 0.717) is 39.1 Å². The van der Waals surface area contributed by atoms with Crippen molar-refractivity contribution in [1.29, 1.82) is 5.26 Å². The van der Waals surface area contributed by atoms with E-state index in [2.05, 4.69) is 21.7 Å². The van der Waals surface area contributed by atoms with Crippen LogP contribution >= 0.6 is 0 Å². The molecule has 36 heavy (non-hydrogen) atoms. The standard InChI is InChI=1S/C28H19FN6O/c1-18-26-24(28(36)33-31-17-20-9-13-22(29)14-10-20)15-25(21-11-7-19(16-30)8-12-21)32-27(26)35(34-18)23-5-3-2-4-6-23/h2-15,17H,1H3,(H,33,36)/b31-17-. The molecule has 1 amide bonds. The van der Waals surface area contributed by atoms with Crippen LogP contribution in [0.1, 0.15) is 27.2 Å². The van der Waals surface area contributed by atoms with Crippen molar-refractivity contribution in [3.63, 3.8) is 0 Å². The Morgan fingerprint density at radius 2 is 1.78 bits per heavy atom. The molecule has 0 saturated carbocycles. The van der Waals surface area contributed by atoms with E-state index in [1.165, 1.54) is 18.3 Å². The molecule has 0 spiro atoms. The lowest BCUT2D eigenvalue weighted by Crippen LogP contribution is -2.18. The SMILES string of the molecule is Cc1nn(-c2ccccc2)c2nc(-c3ccc(C#N)cc3)cc(C(=O)N/N=C\c3ccc(F)cc3)c12. The Hall–Kier alpha value is -5.16. The van der Waals surface area contributed by atoms with Gasteiger partial charge in [-0.15, -0.1) is 0 Å². The fourth-order valence-electron chi connectivity index (χ4n) is 3.86. The van der Waals surface area contributed by atoms with Crippen molar-refractivity contribution in [2.24, 2.45) is 5.10 Å². The van der Waals surface area contributed by atoms with E-state index < -0.39 is 5.91 Å². The van der Waals surface area contributed by atoms with E-state index in [0.717, 1.165) is 11.3 Å². The van der Waals surface area contributed by atoms with Crippen LogP contribution in [-0.4, -0.2) is 26.9 Å². The zero-order valence-corrected chi connectivity index (χ0v) is 19.2. The number of para-hydroxylation sites is 1. The highest BCUT2D eigenvalue weighted by molar-refractivity contribution is 6.08. The summed E-state index contributed by atoms with van der Waals surface area (Å²) in [4.78, 5) is 18.1. The average Bonchev–Trinajstić information content (AvgIpc) is 3.26. The Labute approximate surface area is 206 Å². The molecule has 0 saturated heterocycles. The van der Waals surface area contributed by atoms with Gasteiger partial charge in [0, 0.05) is 5.56 Å². The monoisotopic (exact) mass is 474 g/mol. The summed E-state index contributed by atoms with van der Waals surface area (Å²) >= 11 is 0. The zero-order chi connectivity index (χ0) is 25.1. The fourth-order valence-corrected chi connectivity index (χ4v) is 3.86. The smallest absolute Gasteiger partial charge is 0.267 e. The van der Waals surface area contributed by atoms with Gasteiger partial charge in [-0.1, -0.05) is 42.5 Å². The van der Waals surface area contributed by atoms with Gasteiger partial charge in [0.15, 0.2) is 5.65 Å². The molecule has 174 valence electrons. The van der Waals surface area contributed by atoms with Gasteiger partial charge in [0.25, 0.3) is 5.91 Å². The summed E-state index contributed by atoms with van der Waals surface area (Å²) in [5.74, 6) is -0.789. The zero-order valence-electron chi connectivity index (χ0n) is 19.2. The molecule has 2 aromatic heterocycles. The maximum Gasteiger partial charge on any atom is 0.272 e. The number of nitrogens with zero attached hydrogens (tertiary/aromatic N) is 5. The molecule has 2 heterocycles. The minimum absolute atomic E-state index is 0.350. The van der Waals surface area contributed by atoms with Gasteiger partial charge >= 0.3 is 0 Å². The van der Waals surface area contributed by atoms with Crippen LogP contribution in [0.25, 0.3) is 28.0 Å². The molecule has 0 aliphatic rings. The van der Waals surface area contributed by atoms with Gasteiger partial charge in [0.2, 0.25) is 0 Å². The predicted molar refractivity (Wildman–Crippen MR) is 135 cm³/mol. The molecule has 3 aromatic carbocycles. The lowest BCUT2D eigenvalue weighted by molar-refractivity contribution is 0.0956. The summed E-state index contributed by atoms with van der Waals surface area (Å²) in [7, 11) is 0. The number of pyridine rings is 1. The number of hydrazone groups is 1. The van der Waals surface area contributed by atoms with E-state index in [9.17, 15) is 9.18 Å². The van der Waals surface area contributed by atoms with Crippen LogP contribution in [0.2, 0.25) is 0 Å². The summed E-state index contributed by atoms with van der Waals surface area (Å²) < 4.78 is 14.9. The molecule has 0 bridgehead atoms. The molecule has 1 N–H and O–H groups in total. The minimum atomic E-state index is -0.439. The number of nitrogens with one attached hydrogen (secondary N) is 1. The second-order valence-corrected chi connectivity index (χ2v) is 8.03. The summed E-state index contributed by atoms with van der Waals surface area (Å²) in [5.41, 5.74) is 7.35. The van der Waals surface area contributed by atoms with Gasteiger partial charge < -0.3 is 0 Å². The van der Waals surface area contributed by atoms with Crippen LogP contribution < -0.4 is 5.43 Å². The summed E-state index contributed by atoms with van der Waals surface area (Å²) in [6.45, 7) is 1.82. The number of aryl methyl sites for hydroxylation is 1. The normalized spacial score (nSPS) is 11.0. The van der Waals surface area contributed by atoms with Crippen LogP contribution in [0.4, 0.5) is 4.39 Å². The van der Waals surface area contributed by atoms with Crippen LogP contribution in [0, 0.1) is 24.1 Å². The van der Waals surface area contributed by atoms with E-state index in [1.54, 1.807) is 47.1 Å². The van der Waals surface area contributed by atoms with E-state index >= 15 is 0 Å². The molecule has 0 unspecified atom stereocenters. The first-order valence-electron chi connectivity index (χ1n) is 11.1. The van der Waals surface area contributed by atoms with Crippen molar-refractivity contribution in [1.82, 2.24) is 20.2 Å². The molecule has 5 rings (SSSR count). The van der Waals surface area contributed by atoms with Gasteiger partial charge in [0.1, 0.15) is 5.82 Å². The first-order chi connectivity index (χ1) is 17.5. The number of amides is 1. The summed E-state index contributed by atoms with van der Waals surface area (Å²) in [6, 6.07) is 26.1. The number of fused-ring (bicyclic) bond motifs is 1. The largest absolute Gasteiger partial charge is 0.272 e. The average molecular weight is 474 g/mol. The van der Waals surface area contributed by atoms with Gasteiger partial charge in [0.05, 0.1) is 45.9 Å². The van der Waals surface area contributed by atoms with Crippen molar-refractivity contribution >= 4 is 23.2 Å². The number of aromatic nitrogens is 3. The Morgan fingerprint density at radius 3 is 2.47 bits per heavy atom. The molecular formula is C28H19FN6O. The third-order valence-electron chi connectivity index (χ3n) is 5.62. The summed E-state index contributed by atoms with van der Waals surface area (Å²) in [6.07, 6.45) is 1.44. The molecule has 7 nitrogen and oxygen atoms in total. The summed E-state index contributed by atoms with van der Waals surface area (Å²) in [5, 5.41) is 18.4. The molecule has 0 atom stereocenters. The number of rotatable bonds is 5. The Kier molecular flexibility index (Phi) is 6.03. The Balaban J connectivity index is 1.61. The minimum Gasteiger partial charge on any atom is -0.267 e. The molecule has 0 aliphatic heterocycles. The van der Waals surface area contributed by atoms with E-state index in [4.69, 9.17) is 10.2 Å². The Morgan fingerprint density at radius 1 is 1.06 bits per heavy atom. The molecule has 5 aromatic rings. The van der Waals surface area contributed by atoms with Crippen molar-refractivity contribution in [2.75, 3.05) is 0 Å². The highest BCUT2D eigenvalue weighted by Gasteiger charge is 2.21. The number of hydrogen-bond acceptors (Lipinski definition) is 5. The van der Waals surface area contributed by atoms with Crippen molar-refractivity contribution in [3.8, 4) is 23.0 Å². The quantitative estimate of drug-likeness (QED) is 0.281. The maximum atomic E-state index is 13.3. The van der Waals surface area contributed by atoms with Crippen molar-refractivity contribution in [3.05, 3.63) is 113 Å². The predicted octanol–water partition coefficient (Wildman–Crippen LogP) is 5.17. The topological polar surface area (TPSA) is 96.0 Å². The number of carbonyl (C=O) groups excluding carboxylic acids is 1. The first-order valence-corrected chi connectivity index (χ1v) is 11.1. The molecule has 8 heteroatoms. The number of halogens is 1. The molecule has 0 fully saturated rings. The third kappa shape index (κ3) is 4.45. The van der Waals surface area contributed by atoms with Crippen molar-refractivity contribution in [2.45, 2.75) is 6.92 Å². The molecular weight excluding hydrogens is 455 g/mol. The molecule has 0 aliphatic carbocycles. The van der Waals surface area contributed by atoms with Gasteiger partial charge in [-0.2, -0.15) is 15.5 Å². The van der Waals surface area contributed by atoms with E-state index in [-0.39, 0.29) is 5.82 Å². The van der Waals surface area contributed by atoms with Gasteiger partial charge in [-0.05, 0) is 55.0 Å². The number of benzene rings is 3. The van der Waals surface area contributed by atoms with Gasteiger partial charge in [-0.25, -0.2) is 19.5 Å². The third-order valence-corrected chi connectivity index (χ3v) is 5.62. The lowest BCUT2D eigenvalue weighted by atomic mass is 10.0. The highest BCUT2D eigenvalue weighted by Crippen LogP contribution is 2.29. The lowest BCUT2D eigenvalue weighted by Gasteiger charge is -2.09. The highest BCUT2D eigenvalue weighted by atomic mass is 19.1. The maximum absolute atomic E-state index is 13.3. The van der Waals surface area contributed by atoms with Crippen LogP contribution in [-0.2, 0) is 0 Å². The number of nitriles is 1. The number of hydrogen-bond donors (Lipinski definition) is 1.